The van der Waals surface area contributed by atoms with Gasteiger partial charge in [0, 0.05) is 31.6 Å². The summed E-state index contributed by atoms with van der Waals surface area (Å²) in [7, 11) is 0. The van der Waals surface area contributed by atoms with Gasteiger partial charge in [-0.25, -0.2) is 0 Å². The van der Waals surface area contributed by atoms with Crippen LogP contribution in [0, 0.1) is 12.3 Å². The van der Waals surface area contributed by atoms with Gasteiger partial charge in [0.15, 0.2) is 0 Å². The minimum atomic E-state index is 0.875. The molecule has 0 fully saturated rings. The third-order valence-electron chi connectivity index (χ3n) is 3.46. The van der Waals surface area contributed by atoms with Gasteiger partial charge in [-0.15, -0.1) is 6.42 Å². The highest BCUT2D eigenvalue weighted by molar-refractivity contribution is 9.10. The highest BCUT2D eigenvalue weighted by Gasteiger charge is 2.12. The first kappa shape index (κ1) is 15.9. The lowest BCUT2D eigenvalue weighted by molar-refractivity contribution is 1.28. The molecule has 0 N–H and O–H groups in total. The second-order valence-electron chi connectivity index (χ2n) is 4.98. The normalized spacial score (nSPS) is 10.1. The number of hydrogen-bond acceptors (Lipinski definition) is 1. The van der Waals surface area contributed by atoms with Crippen LogP contribution >= 0.6 is 31.9 Å². The third kappa shape index (κ3) is 3.67. The second kappa shape index (κ2) is 7.04. The lowest BCUT2D eigenvalue weighted by Gasteiger charge is -2.25. The van der Waals surface area contributed by atoms with Crippen LogP contribution in [0.1, 0.15) is 5.56 Å². The highest BCUT2D eigenvalue weighted by Crippen LogP contribution is 2.35. The van der Waals surface area contributed by atoms with E-state index in [1.54, 1.807) is 0 Å². The van der Waals surface area contributed by atoms with E-state index < -0.39 is 0 Å². The van der Waals surface area contributed by atoms with E-state index in [0.29, 0.717) is 0 Å². The number of anilines is 3. The van der Waals surface area contributed by atoms with E-state index in [-0.39, 0.29) is 0 Å². The average molecular weight is 427 g/mol. The fourth-order valence-corrected chi connectivity index (χ4v) is 2.86. The summed E-state index contributed by atoms with van der Waals surface area (Å²) in [6.45, 7) is 0. The van der Waals surface area contributed by atoms with Gasteiger partial charge in [0.05, 0.1) is 0 Å². The molecule has 0 atom stereocenters. The zero-order chi connectivity index (χ0) is 16.2. The van der Waals surface area contributed by atoms with Crippen LogP contribution in [-0.4, -0.2) is 0 Å². The van der Waals surface area contributed by atoms with Crippen molar-refractivity contribution in [2.75, 3.05) is 4.90 Å². The summed E-state index contributed by atoms with van der Waals surface area (Å²) in [5.74, 6) is 2.66. The van der Waals surface area contributed by atoms with Crippen LogP contribution in [0.3, 0.4) is 0 Å². The van der Waals surface area contributed by atoms with E-state index in [1.807, 2.05) is 48.5 Å². The molecule has 3 rings (SSSR count). The van der Waals surface area contributed by atoms with Crippen LogP contribution in [0.2, 0.25) is 0 Å². The highest BCUT2D eigenvalue weighted by atomic mass is 79.9. The summed E-state index contributed by atoms with van der Waals surface area (Å²) in [4.78, 5) is 2.19. The zero-order valence-electron chi connectivity index (χ0n) is 12.2. The molecule has 0 radical (unpaired) electrons. The molecule has 1 nitrogen and oxygen atoms in total. The van der Waals surface area contributed by atoms with E-state index >= 15 is 0 Å². The predicted octanol–water partition coefficient (Wildman–Crippen LogP) is 6.66. The second-order valence-corrected chi connectivity index (χ2v) is 6.81. The Morgan fingerprint density at radius 3 is 1.30 bits per heavy atom. The molecule has 0 aliphatic heterocycles. The van der Waals surface area contributed by atoms with E-state index in [9.17, 15) is 0 Å². The van der Waals surface area contributed by atoms with Crippen LogP contribution in [0.15, 0.2) is 81.7 Å². The minimum Gasteiger partial charge on any atom is -0.311 e. The Kier molecular flexibility index (Phi) is 4.85. The maximum absolute atomic E-state index is 5.46. The fourth-order valence-electron chi connectivity index (χ4n) is 2.33. The van der Waals surface area contributed by atoms with E-state index in [0.717, 1.165) is 31.6 Å². The quantitative estimate of drug-likeness (QED) is 0.423. The van der Waals surface area contributed by atoms with Gasteiger partial charge in [0.25, 0.3) is 0 Å². The molecule has 0 aliphatic carbocycles. The fraction of sp³-hybridized carbons (Fsp3) is 0. The Morgan fingerprint density at radius 2 is 0.957 bits per heavy atom. The van der Waals surface area contributed by atoms with Gasteiger partial charge in [-0.05, 0) is 72.8 Å². The zero-order valence-corrected chi connectivity index (χ0v) is 15.4. The molecule has 0 spiro atoms. The third-order valence-corrected chi connectivity index (χ3v) is 4.52. The number of hydrogen-bond donors (Lipinski definition) is 0. The van der Waals surface area contributed by atoms with E-state index in [2.05, 4.69) is 66.9 Å². The summed E-state index contributed by atoms with van der Waals surface area (Å²) in [6, 6.07) is 24.5. The number of terminal acetylenes is 1. The molecule has 112 valence electrons. The van der Waals surface area contributed by atoms with Crippen molar-refractivity contribution in [1.82, 2.24) is 0 Å². The van der Waals surface area contributed by atoms with Crippen molar-refractivity contribution in [3.63, 3.8) is 0 Å². The summed E-state index contributed by atoms with van der Waals surface area (Å²) in [5.41, 5.74) is 4.11. The van der Waals surface area contributed by atoms with Crippen molar-refractivity contribution >= 4 is 48.9 Å². The van der Waals surface area contributed by atoms with Crippen LogP contribution in [0.25, 0.3) is 0 Å². The Hall–Kier alpha value is -2.02. The molecule has 0 heterocycles. The van der Waals surface area contributed by atoms with Crippen LogP contribution in [0.4, 0.5) is 17.1 Å². The molecule has 3 heteroatoms. The molecule has 0 amide bonds. The van der Waals surface area contributed by atoms with Crippen molar-refractivity contribution in [2.45, 2.75) is 0 Å². The summed E-state index contributed by atoms with van der Waals surface area (Å²) in [6.07, 6.45) is 5.46. The largest absolute Gasteiger partial charge is 0.311 e. The summed E-state index contributed by atoms with van der Waals surface area (Å²) < 4.78 is 2.11. The summed E-state index contributed by atoms with van der Waals surface area (Å²) in [5, 5.41) is 0. The number of benzene rings is 3. The van der Waals surface area contributed by atoms with Crippen molar-refractivity contribution in [1.29, 1.82) is 0 Å². The topological polar surface area (TPSA) is 3.24 Å². The molecule has 3 aromatic carbocycles. The van der Waals surface area contributed by atoms with Gasteiger partial charge in [-0.3, -0.25) is 0 Å². The van der Waals surface area contributed by atoms with Crippen molar-refractivity contribution < 1.29 is 0 Å². The van der Waals surface area contributed by atoms with Crippen LogP contribution < -0.4 is 4.90 Å². The Morgan fingerprint density at radius 1 is 0.609 bits per heavy atom. The first-order valence-electron chi connectivity index (χ1n) is 7.05. The smallest absolute Gasteiger partial charge is 0.0462 e. The first-order valence-corrected chi connectivity index (χ1v) is 8.64. The van der Waals surface area contributed by atoms with Crippen molar-refractivity contribution in [3.05, 3.63) is 87.3 Å². The number of halogens is 2. The summed E-state index contributed by atoms with van der Waals surface area (Å²) >= 11 is 6.98. The molecule has 0 unspecified atom stereocenters. The monoisotopic (exact) mass is 425 g/mol. The van der Waals surface area contributed by atoms with Crippen LogP contribution in [-0.2, 0) is 0 Å². The van der Waals surface area contributed by atoms with E-state index in [4.69, 9.17) is 6.42 Å². The van der Waals surface area contributed by atoms with E-state index in [1.165, 1.54) is 0 Å². The standard InChI is InChI=1S/C20H13Br2N/c1-2-15-3-9-18(10-4-15)23(19-11-5-16(21)6-12-19)20-13-7-17(22)8-14-20/h1,3-14H. The average Bonchev–Trinajstić information content (AvgIpc) is 2.59. The number of nitrogens with zero attached hydrogens (tertiary/aromatic N) is 1. The number of rotatable bonds is 3. The van der Waals surface area contributed by atoms with Gasteiger partial charge < -0.3 is 4.90 Å². The molecule has 23 heavy (non-hydrogen) atoms. The molecule has 3 aromatic rings. The Balaban J connectivity index is 2.10. The molecule has 0 saturated carbocycles. The molecular formula is C20H13Br2N. The van der Waals surface area contributed by atoms with Crippen LogP contribution in [0.5, 0.6) is 0 Å². The Labute approximate surface area is 153 Å². The molecular weight excluding hydrogens is 414 g/mol. The first-order chi connectivity index (χ1) is 11.2. The van der Waals surface area contributed by atoms with Gasteiger partial charge in [-0.2, -0.15) is 0 Å². The van der Waals surface area contributed by atoms with Crippen molar-refractivity contribution in [2.24, 2.45) is 0 Å². The SMILES string of the molecule is C#Cc1ccc(N(c2ccc(Br)cc2)c2ccc(Br)cc2)cc1. The molecule has 0 aromatic heterocycles. The molecule has 0 saturated heterocycles. The van der Waals surface area contributed by atoms with Gasteiger partial charge in [0.2, 0.25) is 0 Å². The molecule has 0 bridgehead atoms. The van der Waals surface area contributed by atoms with Crippen molar-refractivity contribution in [3.8, 4) is 12.3 Å². The van der Waals surface area contributed by atoms with Gasteiger partial charge in [-0.1, -0.05) is 37.8 Å². The van der Waals surface area contributed by atoms with Gasteiger partial charge >= 0.3 is 0 Å². The Bertz CT molecular complexity index is 783. The lowest BCUT2D eigenvalue weighted by Crippen LogP contribution is -2.09. The maximum Gasteiger partial charge on any atom is 0.0462 e. The maximum atomic E-state index is 5.46. The predicted molar refractivity (Wildman–Crippen MR) is 104 cm³/mol. The molecule has 0 aliphatic rings. The minimum absolute atomic E-state index is 0.875. The van der Waals surface area contributed by atoms with Gasteiger partial charge in [0.1, 0.15) is 0 Å². The lowest BCUT2D eigenvalue weighted by atomic mass is 10.1.